The number of halogens is 1. The van der Waals surface area contributed by atoms with Crippen LogP contribution in [-0.4, -0.2) is 17.1 Å². The Kier molecular flexibility index (Phi) is 4.02. The van der Waals surface area contributed by atoms with Crippen molar-refractivity contribution in [1.82, 2.24) is 9.97 Å². The van der Waals surface area contributed by atoms with Crippen molar-refractivity contribution in [2.45, 2.75) is 19.9 Å². The molecule has 0 unspecified atom stereocenters. The lowest BCUT2D eigenvalue weighted by atomic mass is 10.1. The number of rotatable bonds is 3. The Morgan fingerprint density at radius 3 is 2.68 bits per heavy atom. The van der Waals surface area contributed by atoms with E-state index in [9.17, 15) is 0 Å². The summed E-state index contributed by atoms with van der Waals surface area (Å²) in [5.41, 5.74) is 8.48. The van der Waals surface area contributed by atoms with E-state index in [0.29, 0.717) is 16.6 Å². The Labute approximate surface area is 117 Å². The molecular weight excluding hydrogens is 262 g/mol. The first kappa shape index (κ1) is 13.8. The van der Waals surface area contributed by atoms with E-state index >= 15 is 0 Å². The Morgan fingerprint density at radius 1 is 1.37 bits per heavy atom. The quantitative estimate of drug-likeness (QED) is 0.936. The maximum absolute atomic E-state index is 5.94. The number of methoxy groups -OCH3 is 1. The molecule has 0 fully saturated rings. The van der Waals surface area contributed by atoms with Gasteiger partial charge in [-0.05, 0) is 32.0 Å². The summed E-state index contributed by atoms with van der Waals surface area (Å²) < 4.78 is 5.31. The zero-order valence-corrected chi connectivity index (χ0v) is 11.9. The minimum Gasteiger partial charge on any atom is -0.496 e. The van der Waals surface area contributed by atoms with Crippen molar-refractivity contribution in [2.75, 3.05) is 7.11 Å². The fourth-order valence-electron chi connectivity index (χ4n) is 1.90. The highest BCUT2D eigenvalue weighted by Gasteiger charge is 2.12. The minimum absolute atomic E-state index is 0.0823. The predicted octanol–water partition coefficient (Wildman–Crippen LogP) is 3.13. The molecule has 0 spiro atoms. The van der Waals surface area contributed by atoms with Gasteiger partial charge in [0.2, 0.25) is 0 Å². The van der Waals surface area contributed by atoms with Crippen molar-refractivity contribution >= 4 is 11.6 Å². The number of aromatic nitrogens is 2. The molecule has 0 saturated heterocycles. The summed E-state index contributed by atoms with van der Waals surface area (Å²) in [5.74, 6) is 1.26. The first-order valence-electron chi connectivity index (χ1n) is 5.96. The molecule has 19 heavy (non-hydrogen) atoms. The summed E-state index contributed by atoms with van der Waals surface area (Å²) >= 11 is 5.94. The van der Waals surface area contributed by atoms with E-state index in [1.165, 1.54) is 0 Å². The van der Waals surface area contributed by atoms with Crippen LogP contribution in [0.5, 0.6) is 5.75 Å². The van der Waals surface area contributed by atoms with Gasteiger partial charge in [-0.2, -0.15) is 0 Å². The van der Waals surface area contributed by atoms with Crippen LogP contribution >= 0.6 is 11.6 Å². The summed E-state index contributed by atoms with van der Waals surface area (Å²) in [6.07, 6.45) is 1.76. The molecule has 100 valence electrons. The molecule has 2 N–H and O–H groups in total. The third-order valence-electron chi connectivity index (χ3n) is 2.91. The molecule has 5 heteroatoms. The van der Waals surface area contributed by atoms with Crippen molar-refractivity contribution in [2.24, 2.45) is 5.73 Å². The largest absolute Gasteiger partial charge is 0.496 e. The van der Waals surface area contributed by atoms with Crippen molar-refractivity contribution in [3.63, 3.8) is 0 Å². The van der Waals surface area contributed by atoms with Gasteiger partial charge in [-0.25, -0.2) is 9.97 Å². The maximum Gasteiger partial charge on any atom is 0.163 e. The van der Waals surface area contributed by atoms with Crippen LogP contribution in [0.2, 0.25) is 5.02 Å². The molecule has 1 aromatic heterocycles. The second-order valence-electron chi connectivity index (χ2n) is 4.37. The van der Waals surface area contributed by atoms with Crippen LogP contribution in [0.4, 0.5) is 0 Å². The summed E-state index contributed by atoms with van der Waals surface area (Å²) in [7, 11) is 1.60. The number of ether oxygens (including phenoxy) is 1. The Morgan fingerprint density at radius 2 is 2.11 bits per heavy atom. The first-order chi connectivity index (χ1) is 9.02. The van der Waals surface area contributed by atoms with E-state index in [0.717, 1.165) is 16.8 Å². The maximum atomic E-state index is 5.94. The highest BCUT2D eigenvalue weighted by atomic mass is 35.5. The van der Waals surface area contributed by atoms with Crippen LogP contribution in [0.1, 0.15) is 24.2 Å². The van der Waals surface area contributed by atoms with E-state index in [2.05, 4.69) is 9.97 Å². The molecular formula is C14H16ClN3O. The van der Waals surface area contributed by atoms with Gasteiger partial charge in [-0.3, -0.25) is 0 Å². The van der Waals surface area contributed by atoms with Crippen molar-refractivity contribution < 1.29 is 4.74 Å². The Bertz CT molecular complexity index is 599. The van der Waals surface area contributed by atoms with Gasteiger partial charge in [-0.1, -0.05) is 11.6 Å². The molecule has 1 atom stereocenters. The number of aryl methyl sites for hydroxylation is 1. The molecule has 0 amide bonds. The average Bonchev–Trinajstić information content (AvgIpc) is 2.37. The van der Waals surface area contributed by atoms with Gasteiger partial charge in [0.1, 0.15) is 5.75 Å². The van der Waals surface area contributed by atoms with Gasteiger partial charge < -0.3 is 10.5 Å². The lowest BCUT2D eigenvalue weighted by Gasteiger charge is -2.12. The molecule has 0 saturated carbocycles. The molecule has 1 aromatic carbocycles. The molecule has 1 heterocycles. The van der Waals surface area contributed by atoms with E-state index < -0.39 is 0 Å². The fraction of sp³-hybridized carbons (Fsp3) is 0.286. The van der Waals surface area contributed by atoms with Crippen LogP contribution in [0.3, 0.4) is 0 Å². The Hall–Kier alpha value is -1.65. The number of hydrogen-bond donors (Lipinski definition) is 1. The lowest BCUT2D eigenvalue weighted by Crippen LogP contribution is -2.09. The summed E-state index contributed by atoms with van der Waals surface area (Å²) in [6.45, 7) is 3.83. The number of hydrogen-bond acceptors (Lipinski definition) is 4. The lowest BCUT2D eigenvalue weighted by molar-refractivity contribution is 0.416. The monoisotopic (exact) mass is 277 g/mol. The SMILES string of the molecule is COc1cc(Cl)ccc1-c1ncc([C@H](C)N)c(C)n1. The second kappa shape index (κ2) is 5.55. The number of nitrogens with zero attached hydrogens (tertiary/aromatic N) is 2. The van der Waals surface area contributed by atoms with Crippen molar-refractivity contribution in [3.8, 4) is 17.1 Å². The molecule has 2 aromatic rings. The predicted molar refractivity (Wildman–Crippen MR) is 76.4 cm³/mol. The normalized spacial score (nSPS) is 12.3. The van der Waals surface area contributed by atoms with Crippen molar-refractivity contribution in [3.05, 3.63) is 40.7 Å². The van der Waals surface area contributed by atoms with Gasteiger partial charge in [0.15, 0.2) is 5.82 Å². The van der Waals surface area contributed by atoms with Gasteiger partial charge in [0.25, 0.3) is 0 Å². The molecule has 0 bridgehead atoms. The Balaban J connectivity index is 2.51. The number of nitrogens with two attached hydrogens (primary N) is 1. The number of benzene rings is 1. The highest BCUT2D eigenvalue weighted by Crippen LogP contribution is 2.30. The second-order valence-corrected chi connectivity index (χ2v) is 4.80. The molecule has 0 radical (unpaired) electrons. The van der Waals surface area contributed by atoms with E-state index in [1.807, 2.05) is 19.9 Å². The molecule has 0 aliphatic heterocycles. The third-order valence-corrected chi connectivity index (χ3v) is 3.15. The van der Waals surface area contributed by atoms with Crippen LogP contribution in [0.15, 0.2) is 24.4 Å². The smallest absolute Gasteiger partial charge is 0.163 e. The minimum atomic E-state index is -0.0823. The van der Waals surface area contributed by atoms with Crippen LogP contribution < -0.4 is 10.5 Å². The van der Waals surface area contributed by atoms with Crippen LogP contribution in [0, 0.1) is 6.92 Å². The summed E-state index contributed by atoms with van der Waals surface area (Å²) in [4.78, 5) is 8.84. The van der Waals surface area contributed by atoms with E-state index in [4.69, 9.17) is 22.1 Å². The van der Waals surface area contributed by atoms with Gasteiger partial charge >= 0.3 is 0 Å². The van der Waals surface area contributed by atoms with Crippen LogP contribution in [0.25, 0.3) is 11.4 Å². The molecule has 0 aliphatic rings. The molecule has 4 nitrogen and oxygen atoms in total. The molecule has 0 aliphatic carbocycles. The average molecular weight is 278 g/mol. The fourth-order valence-corrected chi connectivity index (χ4v) is 2.07. The molecule has 2 rings (SSSR count). The van der Waals surface area contributed by atoms with Gasteiger partial charge in [0.05, 0.1) is 12.7 Å². The van der Waals surface area contributed by atoms with Crippen LogP contribution in [-0.2, 0) is 0 Å². The van der Waals surface area contributed by atoms with Gasteiger partial charge in [-0.15, -0.1) is 0 Å². The third kappa shape index (κ3) is 2.85. The topological polar surface area (TPSA) is 61.0 Å². The summed E-state index contributed by atoms with van der Waals surface area (Å²) in [6, 6.07) is 5.30. The van der Waals surface area contributed by atoms with Gasteiger partial charge in [0, 0.05) is 28.5 Å². The standard InChI is InChI=1S/C14H16ClN3O/c1-8(16)12-7-17-14(18-9(12)2)11-5-4-10(15)6-13(11)19-3/h4-8H,16H2,1-3H3/t8-/m0/s1. The first-order valence-corrected chi connectivity index (χ1v) is 6.33. The van der Waals surface area contributed by atoms with E-state index in [-0.39, 0.29) is 6.04 Å². The van der Waals surface area contributed by atoms with E-state index in [1.54, 1.807) is 25.4 Å². The summed E-state index contributed by atoms with van der Waals surface area (Å²) in [5, 5.41) is 0.615. The zero-order chi connectivity index (χ0) is 14.0. The zero-order valence-electron chi connectivity index (χ0n) is 11.1. The van der Waals surface area contributed by atoms with Crippen molar-refractivity contribution in [1.29, 1.82) is 0 Å². The highest BCUT2D eigenvalue weighted by molar-refractivity contribution is 6.30.